The van der Waals surface area contributed by atoms with E-state index in [-0.39, 0.29) is 5.91 Å². The Hall–Kier alpha value is -1.51. The summed E-state index contributed by atoms with van der Waals surface area (Å²) in [4.78, 5) is 13.6. The van der Waals surface area contributed by atoms with E-state index in [4.69, 9.17) is 0 Å². The van der Waals surface area contributed by atoms with Gasteiger partial charge in [-0.1, -0.05) is 6.92 Å². The van der Waals surface area contributed by atoms with Crippen molar-refractivity contribution < 1.29 is 4.79 Å². The third-order valence-electron chi connectivity index (χ3n) is 3.04. The Morgan fingerprint density at radius 2 is 2.31 bits per heavy atom. The molecule has 0 radical (unpaired) electrons. The number of fused-ring (bicyclic) bond motifs is 1. The van der Waals surface area contributed by atoms with Crippen LogP contribution in [-0.4, -0.2) is 19.5 Å². The lowest BCUT2D eigenvalue weighted by atomic mass is 10.0. The molecule has 1 heterocycles. The number of hydrogen-bond donors (Lipinski definition) is 1. The quantitative estimate of drug-likeness (QED) is 0.826. The first-order valence-electron chi connectivity index (χ1n) is 5.84. The maximum absolute atomic E-state index is 11.3. The van der Waals surface area contributed by atoms with Crippen LogP contribution in [0.15, 0.2) is 18.2 Å². The average molecular weight is 218 g/mol. The Balaban J connectivity index is 2.21. The Labute approximate surface area is 96.5 Å². The summed E-state index contributed by atoms with van der Waals surface area (Å²) in [7, 11) is 2.11. The first-order valence-corrected chi connectivity index (χ1v) is 5.84. The van der Waals surface area contributed by atoms with Crippen LogP contribution in [0.25, 0.3) is 0 Å². The van der Waals surface area contributed by atoms with E-state index in [1.54, 1.807) is 0 Å². The highest BCUT2D eigenvalue weighted by Gasteiger charge is 2.13. The number of carbonyl (C=O) groups excluding carboxylic acids is 1. The summed E-state index contributed by atoms with van der Waals surface area (Å²) in [5.41, 5.74) is 3.55. The van der Waals surface area contributed by atoms with Crippen molar-refractivity contribution in [1.82, 2.24) is 0 Å². The first kappa shape index (κ1) is 11.0. The molecule has 0 saturated heterocycles. The Kier molecular flexibility index (Phi) is 3.13. The van der Waals surface area contributed by atoms with Gasteiger partial charge in [-0.3, -0.25) is 4.79 Å². The largest absolute Gasteiger partial charge is 0.374 e. The predicted octanol–water partition coefficient (Wildman–Crippen LogP) is 2.42. The van der Waals surface area contributed by atoms with Gasteiger partial charge in [0.1, 0.15) is 0 Å². The van der Waals surface area contributed by atoms with Gasteiger partial charge in [-0.15, -0.1) is 0 Å². The fraction of sp³-hybridized carbons (Fsp3) is 0.462. The SMILES string of the molecule is CCC(=O)Nc1ccc2c(c1)CCCN2C. The molecule has 86 valence electrons. The molecule has 2 rings (SSSR count). The predicted molar refractivity (Wildman–Crippen MR) is 67.0 cm³/mol. The van der Waals surface area contributed by atoms with E-state index in [1.807, 2.05) is 13.0 Å². The van der Waals surface area contributed by atoms with Gasteiger partial charge in [0.2, 0.25) is 5.91 Å². The number of anilines is 2. The highest BCUT2D eigenvalue weighted by Crippen LogP contribution is 2.28. The van der Waals surface area contributed by atoms with Gasteiger partial charge in [0.25, 0.3) is 0 Å². The minimum atomic E-state index is 0.0733. The lowest BCUT2D eigenvalue weighted by Crippen LogP contribution is -2.24. The number of nitrogens with zero attached hydrogens (tertiary/aromatic N) is 1. The molecule has 0 saturated carbocycles. The average Bonchev–Trinajstić information content (AvgIpc) is 2.29. The Bertz CT molecular complexity index is 401. The zero-order valence-corrected chi connectivity index (χ0v) is 9.92. The number of nitrogens with one attached hydrogen (secondary N) is 1. The minimum absolute atomic E-state index is 0.0733. The molecule has 3 heteroatoms. The van der Waals surface area contributed by atoms with Crippen LogP contribution in [0.5, 0.6) is 0 Å². The van der Waals surface area contributed by atoms with Crippen molar-refractivity contribution in [3.63, 3.8) is 0 Å². The van der Waals surface area contributed by atoms with Gasteiger partial charge in [-0.05, 0) is 36.6 Å². The van der Waals surface area contributed by atoms with Crippen molar-refractivity contribution in [1.29, 1.82) is 0 Å². The van der Waals surface area contributed by atoms with Crippen LogP contribution in [0.4, 0.5) is 11.4 Å². The van der Waals surface area contributed by atoms with E-state index < -0.39 is 0 Å². The number of aryl methyl sites for hydroxylation is 1. The van der Waals surface area contributed by atoms with Crippen LogP contribution >= 0.6 is 0 Å². The van der Waals surface area contributed by atoms with Gasteiger partial charge < -0.3 is 10.2 Å². The van der Waals surface area contributed by atoms with Crippen LogP contribution < -0.4 is 10.2 Å². The maximum Gasteiger partial charge on any atom is 0.224 e. The van der Waals surface area contributed by atoms with Gasteiger partial charge in [0, 0.05) is 31.4 Å². The summed E-state index contributed by atoms with van der Waals surface area (Å²) in [5, 5.41) is 2.90. The molecule has 0 aliphatic carbocycles. The third-order valence-corrected chi connectivity index (χ3v) is 3.04. The second kappa shape index (κ2) is 4.56. The molecule has 1 aliphatic heterocycles. The van der Waals surface area contributed by atoms with Crippen molar-refractivity contribution in [2.75, 3.05) is 23.8 Å². The molecule has 0 unspecified atom stereocenters. The molecular weight excluding hydrogens is 200 g/mol. The number of amides is 1. The minimum Gasteiger partial charge on any atom is -0.374 e. The normalized spacial score (nSPS) is 14.5. The summed E-state index contributed by atoms with van der Waals surface area (Å²) < 4.78 is 0. The van der Waals surface area contributed by atoms with E-state index in [0.717, 1.165) is 18.7 Å². The zero-order valence-electron chi connectivity index (χ0n) is 9.92. The Morgan fingerprint density at radius 1 is 1.50 bits per heavy atom. The van der Waals surface area contributed by atoms with E-state index in [2.05, 4.69) is 29.4 Å². The molecule has 1 aromatic rings. The lowest BCUT2D eigenvalue weighted by Gasteiger charge is -2.27. The van der Waals surface area contributed by atoms with Crippen LogP contribution in [-0.2, 0) is 11.2 Å². The van der Waals surface area contributed by atoms with E-state index in [9.17, 15) is 4.79 Å². The molecule has 1 aromatic carbocycles. The maximum atomic E-state index is 11.3. The van der Waals surface area contributed by atoms with Crippen LogP contribution in [0.3, 0.4) is 0 Å². The van der Waals surface area contributed by atoms with E-state index >= 15 is 0 Å². The molecule has 0 fully saturated rings. The summed E-state index contributed by atoms with van der Waals surface area (Å²) in [6, 6.07) is 6.17. The highest BCUT2D eigenvalue weighted by atomic mass is 16.1. The molecule has 3 nitrogen and oxygen atoms in total. The molecular formula is C13H18N2O. The third kappa shape index (κ3) is 2.18. The molecule has 0 atom stereocenters. The van der Waals surface area contributed by atoms with Gasteiger partial charge in [-0.2, -0.15) is 0 Å². The molecule has 0 aromatic heterocycles. The molecule has 1 aliphatic rings. The smallest absolute Gasteiger partial charge is 0.224 e. The van der Waals surface area contributed by atoms with E-state index in [0.29, 0.717) is 6.42 Å². The van der Waals surface area contributed by atoms with Gasteiger partial charge in [0.05, 0.1) is 0 Å². The molecule has 0 bridgehead atoms. The summed E-state index contributed by atoms with van der Waals surface area (Å²) in [6.07, 6.45) is 2.82. The highest BCUT2D eigenvalue weighted by molar-refractivity contribution is 5.90. The lowest BCUT2D eigenvalue weighted by molar-refractivity contribution is -0.115. The molecule has 0 spiro atoms. The Morgan fingerprint density at radius 3 is 3.06 bits per heavy atom. The second-order valence-corrected chi connectivity index (χ2v) is 4.27. The standard InChI is InChI=1S/C13H18N2O/c1-3-13(16)14-11-6-7-12-10(9-11)5-4-8-15(12)2/h6-7,9H,3-5,8H2,1-2H3,(H,14,16). The van der Waals surface area contributed by atoms with Crippen molar-refractivity contribution in [3.8, 4) is 0 Å². The number of benzene rings is 1. The van der Waals surface area contributed by atoms with Crippen molar-refractivity contribution >= 4 is 17.3 Å². The van der Waals surface area contributed by atoms with Gasteiger partial charge >= 0.3 is 0 Å². The van der Waals surface area contributed by atoms with Gasteiger partial charge in [-0.25, -0.2) is 0 Å². The molecule has 1 amide bonds. The number of hydrogen-bond acceptors (Lipinski definition) is 2. The number of carbonyl (C=O) groups is 1. The molecule has 1 N–H and O–H groups in total. The van der Waals surface area contributed by atoms with Crippen LogP contribution in [0, 0.1) is 0 Å². The monoisotopic (exact) mass is 218 g/mol. The van der Waals surface area contributed by atoms with Gasteiger partial charge in [0.15, 0.2) is 0 Å². The summed E-state index contributed by atoms with van der Waals surface area (Å²) >= 11 is 0. The fourth-order valence-corrected chi connectivity index (χ4v) is 2.11. The first-order chi connectivity index (χ1) is 7.70. The van der Waals surface area contributed by atoms with E-state index in [1.165, 1.54) is 17.7 Å². The number of rotatable bonds is 2. The molecule has 16 heavy (non-hydrogen) atoms. The van der Waals surface area contributed by atoms with Crippen molar-refractivity contribution in [2.24, 2.45) is 0 Å². The van der Waals surface area contributed by atoms with Crippen molar-refractivity contribution in [2.45, 2.75) is 26.2 Å². The fourth-order valence-electron chi connectivity index (χ4n) is 2.11. The van der Waals surface area contributed by atoms with Crippen molar-refractivity contribution in [3.05, 3.63) is 23.8 Å². The second-order valence-electron chi connectivity index (χ2n) is 4.27. The zero-order chi connectivity index (χ0) is 11.5. The summed E-state index contributed by atoms with van der Waals surface area (Å²) in [5.74, 6) is 0.0733. The topological polar surface area (TPSA) is 32.3 Å². The summed E-state index contributed by atoms with van der Waals surface area (Å²) in [6.45, 7) is 2.98. The van der Waals surface area contributed by atoms with Crippen LogP contribution in [0.1, 0.15) is 25.3 Å². The van der Waals surface area contributed by atoms with Crippen LogP contribution in [0.2, 0.25) is 0 Å².